The minimum absolute atomic E-state index is 0.355. The van der Waals surface area contributed by atoms with Gasteiger partial charge in [0.1, 0.15) is 0 Å². The normalized spacial score (nSPS) is 13.1. The second kappa shape index (κ2) is 7.25. The molecule has 0 saturated carbocycles. The highest BCUT2D eigenvalue weighted by Gasteiger charge is 2.11. The van der Waals surface area contributed by atoms with Crippen molar-refractivity contribution in [2.75, 3.05) is 0 Å². The Hall–Kier alpha value is -0.240. The topological polar surface area (TPSA) is 20.2 Å². The van der Waals surface area contributed by atoms with Crippen LogP contribution in [0.1, 0.15) is 38.7 Å². The number of hydrogen-bond donors (Lipinski definition) is 1. The van der Waals surface area contributed by atoms with E-state index >= 15 is 0 Å². The molecule has 0 spiro atoms. The van der Waals surface area contributed by atoms with Crippen molar-refractivity contribution in [3.8, 4) is 0 Å². The zero-order valence-corrected chi connectivity index (χ0v) is 11.9. The summed E-state index contributed by atoms with van der Waals surface area (Å²) in [7, 11) is 0. The molecule has 17 heavy (non-hydrogen) atoms. The van der Waals surface area contributed by atoms with Crippen molar-refractivity contribution < 1.29 is 5.11 Å². The van der Waals surface area contributed by atoms with Crippen molar-refractivity contribution >= 4 is 23.2 Å². The summed E-state index contributed by atoms with van der Waals surface area (Å²) in [4.78, 5) is 0. The summed E-state index contributed by atoms with van der Waals surface area (Å²) in [5, 5.41) is 11.2. The molecular formula is C14H20Cl2O. The van der Waals surface area contributed by atoms with Gasteiger partial charge in [0.05, 0.1) is 6.10 Å². The molecule has 0 aliphatic heterocycles. The summed E-state index contributed by atoms with van der Waals surface area (Å²) < 4.78 is 0. The molecule has 0 aliphatic carbocycles. The average molecular weight is 275 g/mol. The van der Waals surface area contributed by atoms with E-state index in [-0.39, 0.29) is 6.10 Å². The molecule has 0 saturated heterocycles. The third-order valence-electron chi connectivity index (χ3n) is 2.82. The molecular weight excluding hydrogens is 255 g/mol. The minimum atomic E-state index is -0.355. The number of aliphatic hydroxyl groups is 1. The third-order valence-corrected chi connectivity index (χ3v) is 3.53. The van der Waals surface area contributed by atoms with Gasteiger partial charge in [0, 0.05) is 16.5 Å². The number of rotatable bonds is 6. The van der Waals surface area contributed by atoms with E-state index in [1.807, 2.05) is 18.2 Å². The number of aliphatic hydroxyl groups excluding tert-OH is 1. The average Bonchev–Trinajstić information content (AvgIpc) is 2.23. The molecule has 0 radical (unpaired) electrons. The quantitative estimate of drug-likeness (QED) is 0.796. The maximum absolute atomic E-state index is 9.95. The van der Waals surface area contributed by atoms with Gasteiger partial charge in [0.25, 0.3) is 0 Å². The number of hydrogen-bond acceptors (Lipinski definition) is 1. The van der Waals surface area contributed by atoms with E-state index in [0.717, 1.165) is 24.8 Å². The second-order valence-electron chi connectivity index (χ2n) is 4.88. The fourth-order valence-electron chi connectivity index (χ4n) is 1.83. The largest absolute Gasteiger partial charge is 0.393 e. The fraction of sp³-hybridized carbons (Fsp3) is 0.571. The summed E-state index contributed by atoms with van der Waals surface area (Å²) in [6.45, 7) is 4.38. The predicted molar refractivity (Wildman–Crippen MR) is 74.9 cm³/mol. The number of benzene rings is 1. The molecule has 1 nitrogen and oxygen atoms in total. The highest BCUT2D eigenvalue weighted by atomic mass is 35.5. The molecule has 0 amide bonds. The smallest absolute Gasteiger partial charge is 0.0581 e. The summed E-state index contributed by atoms with van der Waals surface area (Å²) in [6, 6.07) is 5.44. The summed E-state index contributed by atoms with van der Waals surface area (Å²) in [5.74, 6) is 0.686. The summed E-state index contributed by atoms with van der Waals surface area (Å²) >= 11 is 12.1. The monoisotopic (exact) mass is 274 g/mol. The van der Waals surface area contributed by atoms with Crippen LogP contribution in [0.5, 0.6) is 0 Å². The first-order valence-electron chi connectivity index (χ1n) is 6.11. The van der Waals surface area contributed by atoms with Crippen LogP contribution in [0.25, 0.3) is 0 Å². The Morgan fingerprint density at radius 2 is 1.71 bits per heavy atom. The molecule has 0 fully saturated rings. The molecule has 1 N–H and O–H groups in total. The predicted octanol–water partition coefficient (Wildman–Crippen LogP) is 4.72. The van der Waals surface area contributed by atoms with Gasteiger partial charge in [-0.05, 0) is 30.0 Å². The Balaban J connectivity index is 2.47. The van der Waals surface area contributed by atoms with E-state index in [2.05, 4.69) is 13.8 Å². The van der Waals surface area contributed by atoms with E-state index in [9.17, 15) is 5.11 Å². The van der Waals surface area contributed by atoms with Crippen molar-refractivity contribution in [1.29, 1.82) is 0 Å². The lowest BCUT2D eigenvalue weighted by Gasteiger charge is -2.13. The molecule has 1 unspecified atom stereocenters. The standard InChI is InChI=1S/C14H20Cl2O/c1-10(2)5-3-6-11(17)9-12-13(15)7-4-8-14(12)16/h4,7-8,10-11,17H,3,5-6,9H2,1-2H3. The van der Waals surface area contributed by atoms with Gasteiger partial charge in [-0.3, -0.25) is 0 Å². The van der Waals surface area contributed by atoms with E-state index in [4.69, 9.17) is 23.2 Å². The Morgan fingerprint density at radius 1 is 1.12 bits per heavy atom. The first-order valence-corrected chi connectivity index (χ1v) is 6.87. The summed E-state index contributed by atoms with van der Waals surface area (Å²) in [5.41, 5.74) is 0.855. The van der Waals surface area contributed by atoms with Crippen LogP contribution in [0.2, 0.25) is 10.0 Å². The van der Waals surface area contributed by atoms with Crippen molar-refractivity contribution in [1.82, 2.24) is 0 Å². The van der Waals surface area contributed by atoms with Crippen LogP contribution in [-0.4, -0.2) is 11.2 Å². The van der Waals surface area contributed by atoms with Gasteiger partial charge in [-0.25, -0.2) is 0 Å². The van der Waals surface area contributed by atoms with Gasteiger partial charge in [-0.15, -0.1) is 0 Å². The third kappa shape index (κ3) is 5.29. The van der Waals surface area contributed by atoms with Crippen molar-refractivity contribution in [2.45, 2.75) is 45.6 Å². The van der Waals surface area contributed by atoms with Gasteiger partial charge in [0.2, 0.25) is 0 Å². The lowest BCUT2D eigenvalue weighted by atomic mass is 10.00. The van der Waals surface area contributed by atoms with E-state index < -0.39 is 0 Å². The first-order chi connectivity index (χ1) is 8.00. The lowest BCUT2D eigenvalue weighted by molar-refractivity contribution is 0.159. The van der Waals surface area contributed by atoms with Crippen LogP contribution in [0.4, 0.5) is 0 Å². The lowest BCUT2D eigenvalue weighted by Crippen LogP contribution is -2.11. The van der Waals surface area contributed by atoms with Crippen LogP contribution in [0.3, 0.4) is 0 Å². The molecule has 0 bridgehead atoms. The van der Waals surface area contributed by atoms with Crippen LogP contribution in [-0.2, 0) is 6.42 Å². The van der Waals surface area contributed by atoms with Crippen LogP contribution in [0, 0.1) is 5.92 Å². The second-order valence-corrected chi connectivity index (χ2v) is 5.70. The molecule has 1 atom stereocenters. The molecule has 0 heterocycles. The van der Waals surface area contributed by atoms with Gasteiger partial charge in [-0.2, -0.15) is 0 Å². The molecule has 3 heteroatoms. The highest BCUT2D eigenvalue weighted by Crippen LogP contribution is 2.26. The number of halogens is 2. The molecule has 96 valence electrons. The maximum Gasteiger partial charge on any atom is 0.0581 e. The van der Waals surface area contributed by atoms with Crippen LogP contribution >= 0.6 is 23.2 Å². The van der Waals surface area contributed by atoms with Crippen LogP contribution in [0.15, 0.2) is 18.2 Å². The molecule has 1 rings (SSSR count). The molecule has 0 aliphatic rings. The zero-order chi connectivity index (χ0) is 12.8. The summed E-state index contributed by atoms with van der Waals surface area (Å²) in [6.07, 6.45) is 3.18. The Labute approximate surface area is 114 Å². The Morgan fingerprint density at radius 3 is 2.24 bits per heavy atom. The van der Waals surface area contributed by atoms with Crippen molar-refractivity contribution in [3.63, 3.8) is 0 Å². The Kier molecular flexibility index (Phi) is 6.32. The van der Waals surface area contributed by atoms with Crippen molar-refractivity contribution in [2.24, 2.45) is 5.92 Å². The van der Waals surface area contributed by atoms with Crippen LogP contribution < -0.4 is 0 Å². The van der Waals surface area contributed by atoms with E-state index in [1.54, 1.807) is 0 Å². The first kappa shape index (κ1) is 14.8. The molecule has 0 aromatic heterocycles. The SMILES string of the molecule is CC(C)CCCC(O)Cc1c(Cl)cccc1Cl. The maximum atomic E-state index is 9.95. The molecule has 1 aromatic carbocycles. The van der Waals surface area contributed by atoms with Gasteiger partial charge >= 0.3 is 0 Å². The van der Waals surface area contributed by atoms with Gasteiger partial charge < -0.3 is 5.11 Å². The van der Waals surface area contributed by atoms with E-state index in [1.165, 1.54) is 0 Å². The minimum Gasteiger partial charge on any atom is -0.393 e. The van der Waals surface area contributed by atoms with Gasteiger partial charge in [-0.1, -0.05) is 56.0 Å². The highest BCUT2D eigenvalue weighted by molar-refractivity contribution is 6.35. The van der Waals surface area contributed by atoms with E-state index in [0.29, 0.717) is 22.4 Å². The molecule has 1 aromatic rings. The zero-order valence-electron chi connectivity index (χ0n) is 10.4. The van der Waals surface area contributed by atoms with Gasteiger partial charge in [0.15, 0.2) is 0 Å². The van der Waals surface area contributed by atoms with Crippen molar-refractivity contribution in [3.05, 3.63) is 33.8 Å². The fourth-order valence-corrected chi connectivity index (χ4v) is 2.38. The Bertz CT molecular complexity index is 330.